The Balaban J connectivity index is 2.34. The number of H-pyrrole nitrogens is 1. The highest BCUT2D eigenvalue weighted by atomic mass is 16.3. The van der Waals surface area contributed by atoms with Gasteiger partial charge in [0.15, 0.2) is 5.88 Å². The van der Waals surface area contributed by atoms with Crippen LogP contribution in [0, 0.1) is 0 Å². The number of carbonyl (C=O) groups excluding carboxylic acids is 1. The van der Waals surface area contributed by atoms with Crippen molar-refractivity contribution in [3.63, 3.8) is 0 Å². The molecule has 2 rings (SSSR count). The van der Waals surface area contributed by atoms with Gasteiger partial charge in [-0.1, -0.05) is 39.0 Å². The molecule has 2 aromatic rings. The van der Waals surface area contributed by atoms with E-state index in [9.17, 15) is 14.7 Å². The first kappa shape index (κ1) is 14.8. The van der Waals surface area contributed by atoms with E-state index in [0.717, 1.165) is 11.6 Å². The normalized spacial score (nSPS) is 11.2. The Morgan fingerprint density at radius 3 is 2.48 bits per heavy atom. The molecule has 0 radical (unpaired) electrons. The van der Waals surface area contributed by atoms with Crippen LogP contribution >= 0.6 is 0 Å². The summed E-state index contributed by atoms with van der Waals surface area (Å²) >= 11 is 0. The number of hydrogen-bond donors (Lipinski definition) is 3. The third-order valence-electron chi connectivity index (χ3n) is 3.08. The number of pyridine rings is 1. The Kier molecular flexibility index (Phi) is 3.84. The highest BCUT2D eigenvalue weighted by molar-refractivity contribution is 6.04. The van der Waals surface area contributed by atoms with Crippen LogP contribution in [0.3, 0.4) is 0 Å². The quantitative estimate of drug-likeness (QED) is 0.793. The fourth-order valence-corrected chi connectivity index (χ4v) is 2.10. The number of carbonyl (C=O) groups is 1. The summed E-state index contributed by atoms with van der Waals surface area (Å²) in [6, 6.07) is 9.87. The average molecular weight is 286 g/mol. The molecule has 0 bridgehead atoms. The summed E-state index contributed by atoms with van der Waals surface area (Å²) in [6.07, 6.45) is 0. The predicted octanol–water partition coefficient (Wildman–Crippen LogP) is 2.63. The number of aromatic nitrogens is 1. The Hall–Kier alpha value is -2.56. The summed E-state index contributed by atoms with van der Waals surface area (Å²) < 4.78 is 0. The number of hydrogen-bond acceptors (Lipinski definition) is 3. The SMILES string of the molecule is CC(C)(C)c1ccccc1NC(=O)c1cc(O)[nH]c(=O)c1. The Morgan fingerprint density at radius 2 is 1.86 bits per heavy atom. The fourth-order valence-electron chi connectivity index (χ4n) is 2.10. The van der Waals surface area contributed by atoms with Gasteiger partial charge in [0.05, 0.1) is 5.56 Å². The van der Waals surface area contributed by atoms with E-state index in [1.165, 1.54) is 6.07 Å². The number of para-hydroxylation sites is 1. The van der Waals surface area contributed by atoms with Crippen LogP contribution in [-0.2, 0) is 5.41 Å². The van der Waals surface area contributed by atoms with Gasteiger partial charge in [-0.3, -0.25) is 14.6 Å². The second-order valence-corrected chi connectivity index (χ2v) is 5.87. The molecule has 0 aliphatic rings. The highest BCUT2D eigenvalue weighted by Crippen LogP contribution is 2.29. The lowest BCUT2D eigenvalue weighted by atomic mass is 9.86. The summed E-state index contributed by atoms with van der Waals surface area (Å²) in [7, 11) is 0. The second kappa shape index (κ2) is 5.44. The van der Waals surface area contributed by atoms with Crippen molar-refractivity contribution in [2.45, 2.75) is 26.2 Å². The molecule has 1 aromatic heterocycles. The van der Waals surface area contributed by atoms with Crippen molar-refractivity contribution in [1.29, 1.82) is 0 Å². The van der Waals surface area contributed by atoms with Crippen LogP contribution < -0.4 is 10.9 Å². The molecule has 21 heavy (non-hydrogen) atoms. The van der Waals surface area contributed by atoms with Crippen molar-refractivity contribution >= 4 is 11.6 Å². The van der Waals surface area contributed by atoms with Crippen LogP contribution in [0.2, 0.25) is 0 Å². The Morgan fingerprint density at radius 1 is 1.19 bits per heavy atom. The Bertz CT molecular complexity index is 727. The molecule has 3 N–H and O–H groups in total. The van der Waals surface area contributed by atoms with Crippen molar-refractivity contribution in [3.05, 3.63) is 57.9 Å². The molecule has 110 valence electrons. The zero-order chi connectivity index (χ0) is 15.6. The van der Waals surface area contributed by atoms with E-state index in [1.54, 1.807) is 0 Å². The van der Waals surface area contributed by atoms with Gasteiger partial charge in [-0.25, -0.2) is 0 Å². The van der Waals surface area contributed by atoms with Gasteiger partial charge >= 0.3 is 0 Å². The second-order valence-electron chi connectivity index (χ2n) is 5.87. The van der Waals surface area contributed by atoms with E-state index < -0.39 is 11.5 Å². The van der Waals surface area contributed by atoms with E-state index in [1.807, 2.05) is 24.3 Å². The van der Waals surface area contributed by atoms with Gasteiger partial charge in [-0.2, -0.15) is 0 Å². The largest absolute Gasteiger partial charge is 0.494 e. The van der Waals surface area contributed by atoms with Gasteiger partial charge in [0, 0.05) is 17.8 Å². The van der Waals surface area contributed by atoms with E-state index in [-0.39, 0.29) is 16.9 Å². The van der Waals surface area contributed by atoms with E-state index in [2.05, 4.69) is 31.1 Å². The minimum atomic E-state index is -0.524. The number of anilines is 1. The molecule has 0 saturated heterocycles. The molecule has 1 heterocycles. The topological polar surface area (TPSA) is 82.2 Å². The van der Waals surface area contributed by atoms with Crippen LogP contribution in [0.5, 0.6) is 5.88 Å². The summed E-state index contributed by atoms with van der Waals surface area (Å²) in [5, 5.41) is 12.1. The molecule has 0 spiro atoms. The first-order valence-electron chi connectivity index (χ1n) is 6.61. The van der Waals surface area contributed by atoms with Crippen molar-refractivity contribution in [1.82, 2.24) is 4.98 Å². The molecule has 0 aliphatic heterocycles. The maximum atomic E-state index is 12.2. The van der Waals surface area contributed by atoms with Crippen LogP contribution in [0.25, 0.3) is 0 Å². The lowest BCUT2D eigenvalue weighted by molar-refractivity contribution is 0.102. The Labute approximate surface area is 122 Å². The first-order valence-corrected chi connectivity index (χ1v) is 6.61. The molecular weight excluding hydrogens is 268 g/mol. The lowest BCUT2D eigenvalue weighted by Crippen LogP contribution is -2.20. The zero-order valence-corrected chi connectivity index (χ0v) is 12.2. The number of aromatic hydroxyl groups is 1. The molecular formula is C16H18N2O3. The number of benzene rings is 1. The monoisotopic (exact) mass is 286 g/mol. The number of amides is 1. The molecule has 5 nitrogen and oxygen atoms in total. The van der Waals surface area contributed by atoms with Crippen molar-refractivity contribution < 1.29 is 9.90 Å². The molecule has 1 aromatic carbocycles. The molecule has 0 fully saturated rings. The molecule has 0 atom stereocenters. The zero-order valence-electron chi connectivity index (χ0n) is 12.2. The molecule has 1 amide bonds. The van der Waals surface area contributed by atoms with E-state index in [4.69, 9.17) is 0 Å². The standard InChI is InChI=1S/C16H18N2O3/c1-16(2,3)11-6-4-5-7-12(11)17-15(21)10-8-13(19)18-14(20)9-10/h4-9H,1-3H3,(H,17,21)(H2,18,19,20). The summed E-state index contributed by atoms with van der Waals surface area (Å²) in [5.74, 6) is -0.773. The summed E-state index contributed by atoms with van der Waals surface area (Å²) in [6.45, 7) is 6.16. The van der Waals surface area contributed by atoms with Gasteiger partial charge in [0.1, 0.15) is 0 Å². The number of nitrogens with one attached hydrogen (secondary N) is 2. The smallest absolute Gasteiger partial charge is 0.256 e. The van der Waals surface area contributed by atoms with Crippen molar-refractivity contribution in [3.8, 4) is 5.88 Å². The van der Waals surface area contributed by atoms with Gasteiger partial charge in [-0.15, -0.1) is 0 Å². The summed E-state index contributed by atoms with van der Waals surface area (Å²) in [5.41, 5.74) is 1.14. The highest BCUT2D eigenvalue weighted by Gasteiger charge is 2.19. The first-order chi connectivity index (χ1) is 9.77. The van der Waals surface area contributed by atoms with Gasteiger partial charge < -0.3 is 10.4 Å². The number of rotatable bonds is 2. The van der Waals surface area contributed by atoms with Gasteiger partial charge in [0.25, 0.3) is 11.5 Å². The fraction of sp³-hybridized carbons (Fsp3) is 0.250. The summed E-state index contributed by atoms with van der Waals surface area (Å²) in [4.78, 5) is 25.7. The predicted molar refractivity (Wildman–Crippen MR) is 81.8 cm³/mol. The minimum absolute atomic E-state index is 0.111. The average Bonchev–Trinajstić information content (AvgIpc) is 2.37. The third kappa shape index (κ3) is 3.51. The van der Waals surface area contributed by atoms with Crippen LogP contribution in [0.4, 0.5) is 5.69 Å². The third-order valence-corrected chi connectivity index (χ3v) is 3.08. The van der Waals surface area contributed by atoms with Crippen LogP contribution in [0.15, 0.2) is 41.2 Å². The molecule has 5 heteroatoms. The maximum Gasteiger partial charge on any atom is 0.256 e. The minimum Gasteiger partial charge on any atom is -0.494 e. The van der Waals surface area contributed by atoms with Crippen molar-refractivity contribution in [2.24, 2.45) is 0 Å². The van der Waals surface area contributed by atoms with E-state index >= 15 is 0 Å². The van der Waals surface area contributed by atoms with Gasteiger partial charge in [0.2, 0.25) is 0 Å². The van der Waals surface area contributed by atoms with Crippen molar-refractivity contribution in [2.75, 3.05) is 5.32 Å². The molecule has 0 unspecified atom stereocenters. The molecule has 0 aliphatic carbocycles. The number of aromatic amines is 1. The molecule has 0 saturated carbocycles. The maximum absolute atomic E-state index is 12.2. The van der Waals surface area contributed by atoms with Crippen LogP contribution in [-0.4, -0.2) is 16.0 Å². The van der Waals surface area contributed by atoms with Crippen LogP contribution in [0.1, 0.15) is 36.7 Å². The van der Waals surface area contributed by atoms with E-state index in [0.29, 0.717) is 5.69 Å². The lowest BCUT2D eigenvalue weighted by Gasteiger charge is -2.23. The van der Waals surface area contributed by atoms with Gasteiger partial charge in [-0.05, 0) is 17.0 Å².